The molecule has 0 aromatic rings. The molecule has 8 atom stereocenters. The van der Waals surface area contributed by atoms with E-state index in [1.807, 2.05) is 34.6 Å². The van der Waals surface area contributed by atoms with Crippen LogP contribution >= 0.6 is 0 Å². The lowest BCUT2D eigenvalue weighted by atomic mass is 9.74. The fraction of sp³-hybridized carbons (Fsp3) is 0.875. The number of ketones is 1. The molecule has 39 heavy (non-hydrogen) atoms. The first-order valence-corrected chi connectivity index (χ1v) is 15.1. The number of rotatable bonds is 5. The van der Waals surface area contributed by atoms with Crippen LogP contribution in [0.5, 0.6) is 0 Å². The Balaban J connectivity index is 2.46. The number of aliphatic hydroxyl groups excluding tert-OH is 1. The SMILES string of the molecule is CCC(/C=C(/C)[C@@H]1C[C@@H](C)CC(O)C(C)(C)C(=O)[C@@H]2OC(C)(C)O[C@@H]2C[C@@H](C)CC(OC)C(C)C(=O)O1)CC. The normalized spacial score (nSPS) is 37.0. The number of allylic oxidation sites excluding steroid dienone is 1. The Bertz CT molecular complexity index is 843. The van der Waals surface area contributed by atoms with Crippen LogP contribution in [-0.4, -0.2) is 60.3 Å². The highest BCUT2D eigenvalue weighted by molar-refractivity contribution is 5.89. The Morgan fingerprint density at radius 3 is 2.15 bits per heavy atom. The molecule has 0 aromatic carbocycles. The average molecular weight is 553 g/mol. The molecular weight excluding hydrogens is 496 g/mol. The van der Waals surface area contributed by atoms with Crippen molar-refractivity contribution in [2.75, 3.05) is 7.11 Å². The van der Waals surface area contributed by atoms with E-state index in [1.54, 1.807) is 21.0 Å². The molecule has 2 saturated heterocycles. The van der Waals surface area contributed by atoms with E-state index < -0.39 is 41.5 Å². The van der Waals surface area contributed by atoms with Crippen LogP contribution < -0.4 is 0 Å². The van der Waals surface area contributed by atoms with Gasteiger partial charge in [-0.2, -0.15) is 0 Å². The first kappa shape index (κ1) is 33.9. The molecule has 7 nitrogen and oxygen atoms in total. The van der Waals surface area contributed by atoms with Crippen LogP contribution in [0.1, 0.15) is 108 Å². The van der Waals surface area contributed by atoms with E-state index in [4.69, 9.17) is 18.9 Å². The van der Waals surface area contributed by atoms with Gasteiger partial charge in [0.15, 0.2) is 11.6 Å². The van der Waals surface area contributed by atoms with Gasteiger partial charge in [-0.15, -0.1) is 0 Å². The standard InChI is InChI=1S/C32H56O7/c1-12-23(13-2)18-21(5)24-14-20(4)17-27(33)31(7,8)29(34)28-26(38-32(9,10)39-28)16-19(3)15-25(36-11)22(6)30(35)37-24/h18-20,22-28,33H,12-17H2,1-11H3/b21-18-/t19-,20+,22?,24-,25?,26+,27?,28+/m0/s1. The Hall–Kier alpha value is -1.28. The zero-order chi connectivity index (χ0) is 29.7. The van der Waals surface area contributed by atoms with Gasteiger partial charge in [-0.05, 0) is 89.5 Å². The van der Waals surface area contributed by atoms with Gasteiger partial charge in [-0.25, -0.2) is 0 Å². The van der Waals surface area contributed by atoms with Gasteiger partial charge in [-0.1, -0.05) is 47.6 Å². The van der Waals surface area contributed by atoms with Gasteiger partial charge >= 0.3 is 5.97 Å². The molecule has 2 aliphatic rings. The van der Waals surface area contributed by atoms with Gasteiger partial charge in [-0.3, -0.25) is 9.59 Å². The molecule has 7 heteroatoms. The summed E-state index contributed by atoms with van der Waals surface area (Å²) >= 11 is 0. The van der Waals surface area contributed by atoms with Gasteiger partial charge < -0.3 is 24.1 Å². The molecular formula is C32H56O7. The highest BCUT2D eigenvalue weighted by atomic mass is 16.8. The first-order valence-electron chi connectivity index (χ1n) is 15.1. The Kier molecular flexibility index (Phi) is 12.2. The summed E-state index contributed by atoms with van der Waals surface area (Å²) in [6.45, 7) is 19.6. The van der Waals surface area contributed by atoms with E-state index in [2.05, 4.69) is 26.8 Å². The fourth-order valence-corrected chi connectivity index (χ4v) is 6.02. The molecule has 3 unspecified atom stereocenters. The van der Waals surface area contributed by atoms with Crippen LogP contribution in [-0.2, 0) is 28.5 Å². The summed E-state index contributed by atoms with van der Waals surface area (Å²) in [5, 5.41) is 11.3. The van der Waals surface area contributed by atoms with Crippen LogP contribution in [0.2, 0.25) is 0 Å². The van der Waals surface area contributed by atoms with Crippen LogP contribution in [0.25, 0.3) is 0 Å². The number of Topliss-reactive ketones (excluding diaryl/α,β-unsaturated/α-hetero) is 1. The zero-order valence-corrected chi connectivity index (χ0v) is 26.4. The molecule has 1 N–H and O–H groups in total. The van der Waals surface area contributed by atoms with Gasteiger partial charge in [0.05, 0.1) is 29.6 Å². The predicted molar refractivity (Wildman–Crippen MR) is 153 cm³/mol. The number of carbonyl (C=O) groups is 2. The number of esters is 1. The van der Waals surface area contributed by atoms with E-state index in [0.717, 1.165) is 18.4 Å². The van der Waals surface area contributed by atoms with Crippen molar-refractivity contribution in [3.63, 3.8) is 0 Å². The molecule has 226 valence electrons. The van der Waals surface area contributed by atoms with Crippen molar-refractivity contribution < 1.29 is 33.6 Å². The second-order valence-corrected chi connectivity index (χ2v) is 13.3. The number of methoxy groups -OCH3 is 1. The maximum absolute atomic E-state index is 13.9. The molecule has 2 fully saturated rings. The lowest BCUT2D eigenvalue weighted by Gasteiger charge is -2.35. The number of carbonyl (C=O) groups excluding carboxylic acids is 2. The van der Waals surface area contributed by atoms with Gasteiger partial charge in [0.2, 0.25) is 0 Å². The Labute approximate surface area is 237 Å². The number of fused-ring (bicyclic) bond motifs is 1. The fourth-order valence-electron chi connectivity index (χ4n) is 6.02. The van der Waals surface area contributed by atoms with E-state index in [0.29, 0.717) is 31.6 Å². The molecule has 0 bridgehead atoms. The molecule has 0 amide bonds. The van der Waals surface area contributed by atoms with Crippen molar-refractivity contribution >= 4 is 11.8 Å². The Morgan fingerprint density at radius 2 is 1.59 bits per heavy atom. The number of aliphatic hydroxyl groups is 1. The third-order valence-electron chi connectivity index (χ3n) is 8.97. The summed E-state index contributed by atoms with van der Waals surface area (Å²) in [7, 11) is 1.63. The second-order valence-electron chi connectivity index (χ2n) is 13.3. The number of hydrogen-bond acceptors (Lipinski definition) is 7. The minimum absolute atomic E-state index is 0.00405. The summed E-state index contributed by atoms with van der Waals surface area (Å²) in [5.41, 5.74) is 0.00295. The number of ether oxygens (including phenoxy) is 4. The number of hydrogen-bond donors (Lipinski definition) is 1. The molecule has 0 radical (unpaired) electrons. The van der Waals surface area contributed by atoms with E-state index >= 15 is 0 Å². The summed E-state index contributed by atoms with van der Waals surface area (Å²) < 4.78 is 24.3. The third-order valence-corrected chi connectivity index (χ3v) is 8.97. The molecule has 0 aliphatic carbocycles. The molecule has 2 aliphatic heterocycles. The lowest BCUT2D eigenvalue weighted by molar-refractivity contribution is -0.163. The average Bonchev–Trinajstić information content (AvgIpc) is 3.16. The Morgan fingerprint density at radius 1 is 1.00 bits per heavy atom. The van der Waals surface area contributed by atoms with Crippen LogP contribution in [0, 0.1) is 29.1 Å². The maximum atomic E-state index is 13.9. The maximum Gasteiger partial charge on any atom is 0.311 e. The zero-order valence-electron chi connectivity index (χ0n) is 26.4. The molecule has 2 rings (SSSR count). The van der Waals surface area contributed by atoms with Crippen molar-refractivity contribution in [1.29, 1.82) is 0 Å². The summed E-state index contributed by atoms with van der Waals surface area (Å²) in [5.74, 6) is -1.25. The smallest absolute Gasteiger partial charge is 0.311 e. The van der Waals surface area contributed by atoms with Crippen LogP contribution in [0.4, 0.5) is 0 Å². The monoisotopic (exact) mass is 552 g/mol. The summed E-state index contributed by atoms with van der Waals surface area (Å²) in [4.78, 5) is 27.3. The van der Waals surface area contributed by atoms with Crippen molar-refractivity contribution in [1.82, 2.24) is 0 Å². The minimum Gasteiger partial charge on any atom is -0.458 e. The topological polar surface area (TPSA) is 91.3 Å². The largest absolute Gasteiger partial charge is 0.458 e. The minimum atomic E-state index is -1.03. The first-order chi connectivity index (χ1) is 18.1. The van der Waals surface area contributed by atoms with Crippen molar-refractivity contribution in [2.24, 2.45) is 29.1 Å². The highest BCUT2D eigenvalue weighted by Gasteiger charge is 2.51. The number of cyclic esters (lactones) is 1. The van der Waals surface area contributed by atoms with Crippen molar-refractivity contribution in [3.8, 4) is 0 Å². The lowest BCUT2D eigenvalue weighted by Crippen LogP contribution is -2.47. The quantitative estimate of drug-likeness (QED) is 0.318. The molecule has 0 spiro atoms. The van der Waals surface area contributed by atoms with E-state index in [1.165, 1.54) is 0 Å². The van der Waals surface area contributed by atoms with Crippen molar-refractivity contribution in [3.05, 3.63) is 11.6 Å². The second kappa shape index (κ2) is 14.1. The predicted octanol–water partition coefficient (Wildman–Crippen LogP) is 6.25. The highest BCUT2D eigenvalue weighted by Crippen LogP contribution is 2.39. The van der Waals surface area contributed by atoms with Gasteiger partial charge in [0, 0.05) is 7.11 Å². The molecule has 0 saturated carbocycles. The van der Waals surface area contributed by atoms with Crippen LogP contribution in [0.3, 0.4) is 0 Å². The third kappa shape index (κ3) is 8.85. The molecule has 0 aromatic heterocycles. The van der Waals surface area contributed by atoms with Gasteiger partial charge in [0.1, 0.15) is 12.2 Å². The van der Waals surface area contributed by atoms with Crippen LogP contribution in [0.15, 0.2) is 11.6 Å². The van der Waals surface area contributed by atoms with E-state index in [-0.39, 0.29) is 29.7 Å². The summed E-state index contributed by atoms with van der Waals surface area (Å²) in [6, 6.07) is 0. The molecule has 2 heterocycles. The summed E-state index contributed by atoms with van der Waals surface area (Å²) in [6.07, 6.45) is 3.60. The van der Waals surface area contributed by atoms with E-state index in [9.17, 15) is 14.7 Å². The van der Waals surface area contributed by atoms with Gasteiger partial charge in [0.25, 0.3) is 0 Å². The van der Waals surface area contributed by atoms with Crippen molar-refractivity contribution in [2.45, 2.75) is 144 Å².